The van der Waals surface area contributed by atoms with Gasteiger partial charge in [-0.1, -0.05) is 42.5 Å². The van der Waals surface area contributed by atoms with Crippen molar-refractivity contribution in [3.8, 4) is 11.5 Å². The van der Waals surface area contributed by atoms with E-state index in [9.17, 15) is 95.5 Å². The molecule has 33 nitrogen and oxygen atoms in total. The minimum atomic E-state index is -2.99. The fourth-order valence-electron chi connectivity index (χ4n) is 10.5. The summed E-state index contributed by atoms with van der Waals surface area (Å²) in [5.74, 6) is -9.00. The molecule has 24 atom stereocenters. The molecule has 506 valence electrons. The summed E-state index contributed by atoms with van der Waals surface area (Å²) in [6.45, 7) is -4.72. The average Bonchev–Trinajstić information content (AvgIpc) is 1.38. The lowest BCUT2D eigenvalue weighted by molar-refractivity contribution is -0.423. The number of carbonyl (C=O) groups is 5. The van der Waals surface area contributed by atoms with Gasteiger partial charge in [0.25, 0.3) is 0 Å². The van der Waals surface area contributed by atoms with E-state index in [0.29, 0.717) is 11.1 Å². The van der Waals surface area contributed by atoms with E-state index < -0.39 is 216 Å². The first-order chi connectivity index (χ1) is 43.9. The Hall–Kier alpha value is -6.75. The Morgan fingerprint density at radius 2 is 0.935 bits per heavy atom. The molecule has 0 aliphatic carbocycles. The van der Waals surface area contributed by atoms with Crippen molar-refractivity contribution < 1.29 is 162 Å². The van der Waals surface area contributed by atoms with Crippen LogP contribution >= 0.6 is 0 Å². The summed E-state index contributed by atoms with van der Waals surface area (Å²) >= 11 is 0. The van der Waals surface area contributed by atoms with E-state index in [1.165, 1.54) is 84.9 Å². The molecule has 33 heteroatoms. The van der Waals surface area contributed by atoms with E-state index in [0.717, 1.165) is 26.0 Å². The van der Waals surface area contributed by atoms with Gasteiger partial charge in [-0.2, -0.15) is 0 Å². The molecule has 5 fully saturated rings. The van der Waals surface area contributed by atoms with Crippen LogP contribution in [-0.2, 0) is 85.5 Å². The molecule has 0 spiro atoms. The molecule has 5 heterocycles. The number of aliphatic hydroxyl groups excluding tert-OH is 12. The van der Waals surface area contributed by atoms with Gasteiger partial charge in [0.15, 0.2) is 43.5 Å². The van der Waals surface area contributed by atoms with Crippen LogP contribution in [0.25, 0.3) is 12.2 Å². The number of benzene rings is 3. The Balaban J connectivity index is 1.29. The quantitative estimate of drug-likeness (QED) is 0.0227. The molecule has 3 aromatic rings. The number of rotatable bonds is 24. The SMILES string of the molecule is CC(=O)OC[C@H]1O[C@@H](O[C@@H]2[C@@H](O[C@@H]3O[C@H](CO)[C@@H](O)[C@H](O)[C@H]3O)[C@@H](O[C@]3(COC(=O)C=Cc4ccc(O)cc4)O[C@H](CO)[C@@H](O)[C@@H]3OC(=O)c3ccccc3)O[C@H](CO)[C@H]2OC(=O)C=Cc2ccc(O)cc2)[C@H](O)[C@@H](O[C@@H]2O[C@H](CO)[C@@H](O)[C@H](O)[C@H]2O)[C@@H]1OC(C)=O. The Kier molecular flexibility index (Phi) is 24.7. The van der Waals surface area contributed by atoms with Gasteiger partial charge in [-0.15, -0.1) is 0 Å². The van der Waals surface area contributed by atoms with Crippen molar-refractivity contribution in [1.82, 2.24) is 0 Å². The molecule has 5 saturated heterocycles. The smallest absolute Gasteiger partial charge is 0.338 e. The van der Waals surface area contributed by atoms with Gasteiger partial charge in [-0.25, -0.2) is 14.4 Å². The predicted octanol–water partition coefficient (Wildman–Crippen LogP) is -4.98. The largest absolute Gasteiger partial charge is 0.508 e. The van der Waals surface area contributed by atoms with Gasteiger partial charge >= 0.3 is 29.8 Å². The van der Waals surface area contributed by atoms with E-state index in [4.69, 9.17) is 66.3 Å². The highest BCUT2D eigenvalue weighted by Crippen LogP contribution is 2.43. The monoisotopic (exact) mass is 1310 g/mol. The molecule has 0 amide bonds. The molecule has 0 aromatic heterocycles. The first-order valence-electron chi connectivity index (χ1n) is 28.6. The van der Waals surface area contributed by atoms with Crippen LogP contribution in [0.3, 0.4) is 0 Å². The number of aromatic hydroxyl groups is 2. The summed E-state index contributed by atoms with van der Waals surface area (Å²) in [4.78, 5) is 67.3. The predicted molar refractivity (Wildman–Crippen MR) is 297 cm³/mol. The van der Waals surface area contributed by atoms with E-state index in [-0.39, 0.29) is 17.1 Å². The summed E-state index contributed by atoms with van der Waals surface area (Å²) in [7, 11) is 0. The second-order valence-corrected chi connectivity index (χ2v) is 21.6. The van der Waals surface area contributed by atoms with Crippen molar-refractivity contribution in [2.24, 2.45) is 0 Å². The summed E-state index contributed by atoms with van der Waals surface area (Å²) in [5, 5.41) is 153. The maximum absolute atomic E-state index is 14.2. The van der Waals surface area contributed by atoms with Crippen LogP contribution in [0, 0.1) is 0 Å². The molecule has 3 aromatic carbocycles. The van der Waals surface area contributed by atoms with Crippen LogP contribution in [-0.4, -0.2) is 288 Å². The standard InChI is InChI=1S/C59H72O33/c1-26(64)79-24-37-49(81-27(2)65)50(87-55-45(75)43(73)40(70)33(20-60)82-55)47(77)57(85-37)88-51-48(86-39(69)19-13-29-10-16-32(67)17-11-29)36(23-63)84-58(52(51)89-56-46(76)44(74)41(71)34(21-61)83-56)92-59(25-80-38(68)18-12-28-8-14-31(66)15-9-28)53(42(72)35(22-62)91-59)90-54(78)30-6-4-3-5-7-30/h3-19,33-37,40-53,55-58,60-63,66-67,70-77H,20-25H2,1-2H3/t33-,34-,35-,36-,37-,40-,41-,42-,43+,44+,45-,46-,47-,48-,49-,50-,51+,52-,53+,55+,56+,57+,58-,59+/m1/s1. The molecule has 5 aliphatic rings. The van der Waals surface area contributed by atoms with Crippen LogP contribution in [0.2, 0.25) is 0 Å². The normalized spacial score (nSPS) is 36.5. The van der Waals surface area contributed by atoms with Crippen LogP contribution in [0.4, 0.5) is 0 Å². The summed E-state index contributed by atoms with van der Waals surface area (Å²) in [5.41, 5.74) is 0.522. The molecule has 8 rings (SSSR count). The zero-order chi connectivity index (χ0) is 66.7. The summed E-state index contributed by atoms with van der Waals surface area (Å²) in [6.07, 6.45) is -45.2. The molecular weight excluding hydrogens is 1240 g/mol. The van der Waals surface area contributed by atoms with Gasteiger partial charge in [-0.05, 0) is 59.7 Å². The Bertz CT molecular complexity index is 2970. The first-order valence-corrected chi connectivity index (χ1v) is 28.6. The lowest BCUT2D eigenvalue weighted by Gasteiger charge is -2.51. The zero-order valence-corrected chi connectivity index (χ0v) is 48.9. The van der Waals surface area contributed by atoms with E-state index in [1.807, 2.05) is 0 Å². The number of phenols is 2. The molecule has 0 radical (unpaired) electrons. The third-order valence-corrected chi connectivity index (χ3v) is 15.2. The minimum Gasteiger partial charge on any atom is -0.508 e. The van der Waals surface area contributed by atoms with Gasteiger partial charge in [0.2, 0.25) is 5.79 Å². The van der Waals surface area contributed by atoms with Crippen molar-refractivity contribution in [1.29, 1.82) is 0 Å². The van der Waals surface area contributed by atoms with Crippen molar-refractivity contribution >= 4 is 42.0 Å². The zero-order valence-electron chi connectivity index (χ0n) is 48.9. The number of aliphatic hydroxyl groups is 12. The number of esters is 5. The van der Waals surface area contributed by atoms with Gasteiger partial charge in [-0.3, -0.25) is 9.59 Å². The maximum Gasteiger partial charge on any atom is 0.338 e. The van der Waals surface area contributed by atoms with Crippen molar-refractivity contribution in [2.45, 2.75) is 161 Å². The molecule has 5 aliphatic heterocycles. The lowest BCUT2D eigenvalue weighted by Crippen LogP contribution is -2.70. The van der Waals surface area contributed by atoms with Gasteiger partial charge in [0.1, 0.15) is 122 Å². The lowest BCUT2D eigenvalue weighted by atomic mass is 9.95. The molecular formula is C59H72O33. The minimum absolute atomic E-state index is 0.110. The molecule has 14 N–H and O–H groups in total. The molecule has 0 bridgehead atoms. The van der Waals surface area contributed by atoms with Crippen LogP contribution in [0.1, 0.15) is 35.3 Å². The maximum atomic E-state index is 14.2. The van der Waals surface area contributed by atoms with Crippen molar-refractivity contribution in [3.63, 3.8) is 0 Å². The summed E-state index contributed by atoms with van der Waals surface area (Å²) < 4.78 is 83.9. The van der Waals surface area contributed by atoms with Crippen molar-refractivity contribution in [2.75, 3.05) is 39.6 Å². The van der Waals surface area contributed by atoms with Crippen molar-refractivity contribution in [3.05, 3.63) is 108 Å². The molecule has 0 unspecified atom stereocenters. The van der Waals surface area contributed by atoms with Gasteiger partial charge in [0, 0.05) is 26.0 Å². The Morgan fingerprint density at radius 1 is 0.457 bits per heavy atom. The second kappa shape index (κ2) is 31.9. The summed E-state index contributed by atoms with van der Waals surface area (Å²) in [6, 6.07) is 17.9. The van der Waals surface area contributed by atoms with Crippen LogP contribution in [0.15, 0.2) is 91.0 Å². The highest BCUT2D eigenvalue weighted by molar-refractivity contribution is 5.90. The molecule has 0 saturated carbocycles. The number of hydrogen-bond donors (Lipinski definition) is 14. The third-order valence-electron chi connectivity index (χ3n) is 15.2. The highest BCUT2D eigenvalue weighted by atomic mass is 16.8. The Labute approximate surface area is 522 Å². The number of ether oxygens (including phenoxy) is 14. The van der Waals surface area contributed by atoms with Gasteiger partial charge in [0.05, 0.1) is 32.0 Å². The van der Waals surface area contributed by atoms with E-state index >= 15 is 0 Å². The number of phenolic OH excluding ortho intramolecular Hbond substituents is 2. The highest BCUT2D eigenvalue weighted by Gasteiger charge is 2.64. The van der Waals surface area contributed by atoms with E-state index in [1.54, 1.807) is 6.07 Å². The second-order valence-electron chi connectivity index (χ2n) is 21.6. The van der Waals surface area contributed by atoms with E-state index in [2.05, 4.69) is 0 Å². The topological polar surface area (TPSA) is 498 Å². The third kappa shape index (κ3) is 17.0. The van der Waals surface area contributed by atoms with Crippen LogP contribution < -0.4 is 0 Å². The average molecular weight is 1310 g/mol. The Morgan fingerprint density at radius 3 is 1.46 bits per heavy atom. The fourth-order valence-corrected chi connectivity index (χ4v) is 10.5. The van der Waals surface area contributed by atoms with Crippen LogP contribution in [0.5, 0.6) is 11.5 Å². The molecule has 92 heavy (non-hydrogen) atoms. The number of carbonyl (C=O) groups excluding carboxylic acids is 5. The fraction of sp³-hybridized carbons (Fsp3) is 0.542. The number of hydrogen-bond acceptors (Lipinski definition) is 33. The van der Waals surface area contributed by atoms with Gasteiger partial charge < -0.3 is 138 Å². The first kappa shape index (κ1) is 71.1.